The van der Waals surface area contributed by atoms with Gasteiger partial charge in [-0.25, -0.2) is 8.42 Å². The molecule has 0 fully saturated rings. The lowest BCUT2D eigenvalue weighted by atomic mass is 9.97. The Morgan fingerprint density at radius 2 is 1.62 bits per heavy atom. The van der Waals surface area contributed by atoms with Crippen LogP contribution in [0.5, 0.6) is 0 Å². The van der Waals surface area contributed by atoms with E-state index in [1.807, 2.05) is 33.8 Å². The molecule has 1 aromatic carbocycles. The molecule has 16 heavy (non-hydrogen) atoms. The van der Waals surface area contributed by atoms with Gasteiger partial charge in [-0.05, 0) is 12.1 Å². The number of sulfonamides is 1. The highest BCUT2D eigenvalue weighted by molar-refractivity contribution is 7.89. The van der Waals surface area contributed by atoms with Crippen molar-refractivity contribution < 1.29 is 8.42 Å². The van der Waals surface area contributed by atoms with E-state index in [2.05, 4.69) is 0 Å². The molecule has 0 aliphatic heterocycles. The van der Waals surface area contributed by atoms with Gasteiger partial charge in [0, 0.05) is 13.1 Å². The molecule has 0 aliphatic carbocycles. The summed E-state index contributed by atoms with van der Waals surface area (Å²) in [5.41, 5.74) is 1.15. The zero-order chi connectivity index (χ0) is 12.2. The lowest BCUT2D eigenvalue weighted by Gasteiger charge is -2.18. The second kappa shape index (κ2) is 5.50. The van der Waals surface area contributed by atoms with Crippen LogP contribution in [-0.2, 0) is 16.3 Å². The van der Waals surface area contributed by atoms with Gasteiger partial charge in [0.15, 0.2) is 0 Å². The molecule has 0 radical (unpaired) electrons. The fourth-order valence-electron chi connectivity index (χ4n) is 1.61. The van der Waals surface area contributed by atoms with Gasteiger partial charge in [0.25, 0.3) is 0 Å². The summed E-state index contributed by atoms with van der Waals surface area (Å²) in [5.74, 6) is 0. The molecule has 0 amide bonds. The molecule has 5 heteroatoms. The third-order valence-electron chi connectivity index (χ3n) is 2.67. The van der Waals surface area contributed by atoms with Crippen molar-refractivity contribution in [3.63, 3.8) is 0 Å². The van der Waals surface area contributed by atoms with Crippen molar-refractivity contribution in [3.8, 4) is 0 Å². The quantitative estimate of drug-likeness (QED) is 0.714. The first-order chi connectivity index (χ1) is 7.56. The first-order valence-corrected chi connectivity index (χ1v) is 7.09. The molecule has 0 aromatic heterocycles. The Balaban J connectivity index is 3.07. The normalized spacial score (nSPS) is 11.9. The molecule has 0 saturated heterocycles. The van der Waals surface area contributed by atoms with Crippen LogP contribution >= 0.6 is 0 Å². The van der Waals surface area contributed by atoms with Crippen molar-refractivity contribution >= 4 is 17.9 Å². The van der Waals surface area contributed by atoms with Gasteiger partial charge in [-0.3, -0.25) is 0 Å². The van der Waals surface area contributed by atoms with Crippen LogP contribution in [-0.4, -0.2) is 33.7 Å². The van der Waals surface area contributed by atoms with Gasteiger partial charge in [-0.2, -0.15) is 4.31 Å². The Morgan fingerprint density at radius 3 is 2.00 bits per heavy atom. The van der Waals surface area contributed by atoms with Crippen molar-refractivity contribution in [1.82, 2.24) is 4.31 Å². The van der Waals surface area contributed by atoms with Gasteiger partial charge in [0.2, 0.25) is 10.0 Å². The lowest BCUT2D eigenvalue weighted by Crippen LogP contribution is -2.30. The smallest absolute Gasteiger partial charge is 0.207 e. The predicted molar refractivity (Wildman–Crippen MR) is 68.8 cm³/mol. The van der Waals surface area contributed by atoms with Crippen molar-refractivity contribution in [2.45, 2.75) is 25.1 Å². The summed E-state index contributed by atoms with van der Waals surface area (Å²) in [6, 6.07) is 7.12. The van der Waals surface area contributed by atoms with Crippen LogP contribution in [0.25, 0.3) is 0 Å². The van der Waals surface area contributed by atoms with Crippen LogP contribution in [0.3, 0.4) is 0 Å². The third-order valence-corrected chi connectivity index (χ3v) is 4.74. The summed E-state index contributed by atoms with van der Waals surface area (Å²) in [6.45, 7) is 4.71. The Bertz CT molecular complexity index is 424. The van der Waals surface area contributed by atoms with Crippen LogP contribution in [0, 0.1) is 0 Å². The molecule has 3 nitrogen and oxygen atoms in total. The van der Waals surface area contributed by atoms with E-state index in [1.54, 1.807) is 12.1 Å². The largest absolute Gasteiger partial charge is 0.243 e. The molecule has 88 valence electrons. The van der Waals surface area contributed by atoms with E-state index in [9.17, 15) is 8.42 Å². The molecule has 0 N–H and O–H groups in total. The average Bonchev–Trinajstić information content (AvgIpc) is 2.30. The van der Waals surface area contributed by atoms with Crippen molar-refractivity contribution in [3.05, 3.63) is 29.8 Å². The molecule has 0 spiro atoms. The van der Waals surface area contributed by atoms with Crippen LogP contribution in [0.15, 0.2) is 29.2 Å². The SMILES string of the molecule is BCc1ccc(S(=O)(=O)N(CC)CC)cc1. The van der Waals surface area contributed by atoms with Crippen molar-refractivity contribution in [2.24, 2.45) is 0 Å². The second-order valence-corrected chi connectivity index (χ2v) is 5.52. The Kier molecular flexibility index (Phi) is 4.56. The molecule has 0 aliphatic rings. The monoisotopic (exact) mass is 239 g/mol. The number of hydrogen-bond donors (Lipinski definition) is 0. The summed E-state index contributed by atoms with van der Waals surface area (Å²) in [7, 11) is -1.24. The highest BCUT2D eigenvalue weighted by Crippen LogP contribution is 2.15. The minimum Gasteiger partial charge on any atom is -0.207 e. The standard InChI is InChI=1S/C11H18BNO2S/c1-3-13(4-2)16(14,15)11-7-5-10(9-12)6-8-11/h5-8H,3-4,9,12H2,1-2H3. The molecular weight excluding hydrogens is 221 g/mol. The Hall–Kier alpha value is -0.805. The van der Waals surface area contributed by atoms with Crippen molar-refractivity contribution in [2.75, 3.05) is 13.1 Å². The molecule has 0 bridgehead atoms. The molecule has 1 aromatic rings. The lowest BCUT2D eigenvalue weighted by molar-refractivity contribution is 0.445. The number of hydrogen-bond acceptors (Lipinski definition) is 2. The summed E-state index contributed by atoms with van der Waals surface area (Å²) in [5, 5.41) is 0. The van der Waals surface area contributed by atoms with Gasteiger partial charge in [0.05, 0.1) is 4.90 Å². The second-order valence-electron chi connectivity index (χ2n) is 3.59. The zero-order valence-corrected chi connectivity index (χ0v) is 10.9. The van der Waals surface area contributed by atoms with E-state index >= 15 is 0 Å². The van der Waals surface area contributed by atoms with E-state index in [4.69, 9.17) is 0 Å². The van der Waals surface area contributed by atoms with Gasteiger partial charge in [-0.15, -0.1) is 0 Å². The average molecular weight is 239 g/mol. The van der Waals surface area contributed by atoms with E-state index in [0.717, 1.165) is 11.9 Å². The Morgan fingerprint density at radius 1 is 1.12 bits per heavy atom. The van der Waals surface area contributed by atoms with E-state index < -0.39 is 10.0 Å². The van der Waals surface area contributed by atoms with E-state index in [-0.39, 0.29) is 0 Å². The van der Waals surface area contributed by atoms with Crippen LogP contribution in [0.2, 0.25) is 0 Å². The fraction of sp³-hybridized carbons (Fsp3) is 0.455. The molecule has 0 unspecified atom stereocenters. The third kappa shape index (κ3) is 2.65. The first-order valence-electron chi connectivity index (χ1n) is 5.65. The predicted octanol–water partition coefficient (Wildman–Crippen LogP) is 0.850. The highest BCUT2D eigenvalue weighted by Gasteiger charge is 2.20. The van der Waals surface area contributed by atoms with E-state index in [1.165, 1.54) is 4.31 Å². The summed E-state index contributed by atoms with van der Waals surface area (Å²) in [6.07, 6.45) is 0.922. The van der Waals surface area contributed by atoms with Gasteiger partial charge >= 0.3 is 0 Å². The van der Waals surface area contributed by atoms with Gasteiger partial charge in [0.1, 0.15) is 7.85 Å². The maximum atomic E-state index is 12.1. The van der Waals surface area contributed by atoms with Crippen LogP contribution < -0.4 is 0 Å². The number of nitrogens with zero attached hydrogens (tertiary/aromatic N) is 1. The Labute approximate surface area is 98.9 Å². The van der Waals surface area contributed by atoms with Gasteiger partial charge < -0.3 is 0 Å². The fourth-order valence-corrected chi connectivity index (χ4v) is 3.07. The van der Waals surface area contributed by atoms with Crippen LogP contribution in [0.1, 0.15) is 19.4 Å². The van der Waals surface area contributed by atoms with Crippen LogP contribution in [0.4, 0.5) is 0 Å². The summed E-state index contributed by atoms with van der Waals surface area (Å²) >= 11 is 0. The van der Waals surface area contributed by atoms with Crippen molar-refractivity contribution in [1.29, 1.82) is 0 Å². The number of benzene rings is 1. The molecule has 0 saturated carbocycles. The molecule has 1 rings (SSSR count). The molecular formula is C11H18BNO2S. The van der Waals surface area contributed by atoms with E-state index in [0.29, 0.717) is 18.0 Å². The molecule has 0 heterocycles. The minimum absolute atomic E-state index is 0.383. The van der Waals surface area contributed by atoms with Gasteiger partial charge in [-0.1, -0.05) is 37.9 Å². The zero-order valence-electron chi connectivity index (χ0n) is 10.1. The summed E-state index contributed by atoms with van der Waals surface area (Å²) < 4.78 is 25.7. The summed E-state index contributed by atoms with van der Waals surface area (Å²) in [4.78, 5) is 0.383. The number of rotatable bonds is 5. The first kappa shape index (κ1) is 13.3. The minimum atomic E-state index is -3.29. The highest BCUT2D eigenvalue weighted by atomic mass is 32.2. The maximum absolute atomic E-state index is 12.1. The molecule has 0 atom stereocenters. The maximum Gasteiger partial charge on any atom is 0.243 e. The topological polar surface area (TPSA) is 37.4 Å².